The van der Waals surface area contributed by atoms with Crippen LogP contribution in [0.1, 0.15) is 18.2 Å². The van der Waals surface area contributed by atoms with Gasteiger partial charge in [0, 0.05) is 17.9 Å². The minimum Gasteiger partial charge on any atom is -0.311 e. The van der Waals surface area contributed by atoms with Crippen LogP contribution in [0.25, 0.3) is 16.7 Å². The zero-order valence-electron chi connectivity index (χ0n) is 16.1. The van der Waals surface area contributed by atoms with Crippen LogP contribution in [-0.4, -0.2) is 36.0 Å². The Kier molecular flexibility index (Phi) is 4.59. The largest absolute Gasteiger partial charge is 0.311 e. The molecule has 0 aliphatic carbocycles. The molecule has 150 valence electrons. The predicted octanol–water partition coefficient (Wildman–Crippen LogP) is 2.96. The molecule has 1 unspecified atom stereocenters. The minimum atomic E-state index is -0.265. The molecule has 1 aromatic carbocycles. The number of rotatable bonds is 4. The van der Waals surface area contributed by atoms with E-state index in [9.17, 15) is 9.59 Å². The number of fused-ring (bicyclic) bond motifs is 2. The number of carbonyl (C=O) groups is 1. The fourth-order valence-corrected chi connectivity index (χ4v) is 4.69. The number of anilines is 1. The van der Waals surface area contributed by atoms with Gasteiger partial charge in [-0.05, 0) is 31.2 Å². The Labute approximate surface area is 176 Å². The minimum absolute atomic E-state index is 0.173. The van der Waals surface area contributed by atoms with E-state index in [4.69, 9.17) is 0 Å². The monoisotopic (exact) mass is 418 g/mol. The zero-order valence-corrected chi connectivity index (χ0v) is 17.0. The summed E-state index contributed by atoms with van der Waals surface area (Å²) < 4.78 is 3.29. The molecule has 4 aromatic rings. The Bertz CT molecular complexity index is 1310. The van der Waals surface area contributed by atoms with Crippen LogP contribution in [-0.2, 0) is 4.79 Å². The number of thioether (sulfide) groups is 1. The van der Waals surface area contributed by atoms with Crippen molar-refractivity contribution in [1.82, 2.24) is 24.3 Å². The number of nitrogens with one attached hydrogen (secondary N) is 1. The maximum Gasteiger partial charge on any atom is 0.265 e. The molecule has 0 spiro atoms. The molecule has 9 heteroatoms. The van der Waals surface area contributed by atoms with Gasteiger partial charge in [-0.15, -0.1) is 0 Å². The second-order valence-corrected chi connectivity index (χ2v) is 8.07. The Hall–Kier alpha value is -3.46. The van der Waals surface area contributed by atoms with Crippen molar-refractivity contribution in [2.45, 2.75) is 24.5 Å². The maximum atomic E-state index is 13.2. The highest BCUT2D eigenvalue weighted by molar-refractivity contribution is 7.99. The van der Waals surface area contributed by atoms with Crippen LogP contribution in [0.15, 0.2) is 64.7 Å². The smallest absolute Gasteiger partial charge is 0.265 e. The molecule has 0 radical (unpaired) electrons. The zero-order chi connectivity index (χ0) is 20.7. The third-order valence-corrected chi connectivity index (χ3v) is 6.05. The van der Waals surface area contributed by atoms with Crippen molar-refractivity contribution < 1.29 is 4.79 Å². The number of nitrogens with zero attached hydrogens (tertiary/aromatic N) is 5. The first kappa shape index (κ1) is 18.6. The number of aryl methyl sites for hydroxylation is 1. The van der Waals surface area contributed by atoms with Crippen LogP contribution < -0.4 is 10.9 Å². The van der Waals surface area contributed by atoms with Gasteiger partial charge in [-0.1, -0.05) is 36.0 Å². The van der Waals surface area contributed by atoms with Crippen molar-refractivity contribution in [2.24, 2.45) is 0 Å². The van der Waals surface area contributed by atoms with Crippen molar-refractivity contribution in [3.63, 3.8) is 0 Å². The van der Waals surface area contributed by atoms with Crippen molar-refractivity contribution in [3.8, 4) is 5.69 Å². The van der Waals surface area contributed by atoms with Crippen molar-refractivity contribution in [2.75, 3.05) is 11.1 Å². The summed E-state index contributed by atoms with van der Waals surface area (Å²) in [6.45, 7) is 1.87. The van der Waals surface area contributed by atoms with E-state index in [1.54, 1.807) is 21.5 Å². The highest BCUT2D eigenvalue weighted by atomic mass is 32.2. The Morgan fingerprint density at radius 1 is 1.17 bits per heavy atom. The van der Waals surface area contributed by atoms with Gasteiger partial charge in [0.1, 0.15) is 11.2 Å². The summed E-state index contributed by atoms with van der Waals surface area (Å²) in [5.41, 5.74) is 2.02. The van der Waals surface area contributed by atoms with E-state index in [0.29, 0.717) is 27.8 Å². The second-order valence-electron chi connectivity index (χ2n) is 7.08. The highest BCUT2D eigenvalue weighted by Crippen LogP contribution is 2.33. The molecule has 4 heterocycles. The van der Waals surface area contributed by atoms with Crippen LogP contribution in [0.5, 0.6) is 0 Å². The average Bonchev–Trinajstić information content (AvgIpc) is 3.34. The van der Waals surface area contributed by atoms with Gasteiger partial charge in [0.05, 0.1) is 17.9 Å². The molecule has 1 N–H and O–H groups in total. The molecule has 30 heavy (non-hydrogen) atoms. The molecule has 0 bridgehead atoms. The lowest BCUT2D eigenvalue weighted by Crippen LogP contribution is -2.28. The number of aromatic nitrogens is 5. The van der Waals surface area contributed by atoms with E-state index in [0.717, 1.165) is 11.4 Å². The van der Waals surface area contributed by atoms with Crippen molar-refractivity contribution in [1.29, 1.82) is 0 Å². The Morgan fingerprint density at radius 3 is 2.80 bits per heavy atom. The van der Waals surface area contributed by atoms with Gasteiger partial charge >= 0.3 is 0 Å². The third kappa shape index (κ3) is 3.26. The van der Waals surface area contributed by atoms with Gasteiger partial charge in [-0.2, -0.15) is 5.10 Å². The summed E-state index contributed by atoms with van der Waals surface area (Å²) in [6, 6.07) is 14.8. The third-order valence-electron chi connectivity index (χ3n) is 4.95. The van der Waals surface area contributed by atoms with E-state index >= 15 is 0 Å². The number of pyridine rings is 1. The van der Waals surface area contributed by atoms with E-state index in [1.807, 2.05) is 49.4 Å². The summed E-state index contributed by atoms with van der Waals surface area (Å²) in [5, 5.41) is 8.22. The number of hydrogen-bond acceptors (Lipinski definition) is 6. The fraction of sp³-hybridized carbons (Fsp3) is 0.190. The highest BCUT2D eigenvalue weighted by Gasteiger charge is 2.29. The molecular formula is C21H18N6O2S. The second kappa shape index (κ2) is 7.42. The van der Waals surface area contributed by atoms with Gasteiger partial charge in [0.25, 0.3) is 5.56 Å². The van der Waals surface area contributed by atoms with Gasteiger partial charge in [-0.3, -0.25) is 14.2 Å². The first-order chi connectivity index (χ1) is 14.6. The van der Waals surface area contributed by atoms with Crippen molar-refractivity contribution in [3.05, 3.63) is 70.8 Å². The molecule has 3 aromatic heterocycles. The average molecular weight is 418 g/mol. The van der Waals surface area contributed by atoms with Crippen molar-refractivity contribution >= 4 is 34.5 Å². The van der Waals surface area contributed by atoms with E-state index in [2.05, 4.69) is 20.4 Å². The molecule has 8 nitrogen and oxygen atoms in total. The predicted molar refractivity (Wildman–Crippen MR) is 115 cm³/mol. The molecule has 1 amide bonds. The van der Waals surface area contributed by atoms with Crippen LogP contribution in [0.3, 0.4) is 0 Å². The van der Waals surface area contributed by atoms with Gasteiger partial charge < -0.3 is 5.32 Å². The molecule has 1 atom stereocenters. The van der Waals surface area contributed by atoms with Gasteiger partial charge in [0.15, 0.2) is 10.8 Å². The number of hydrogen-bond donors (Lipinski definition) is 1. The van der Waals surface area contributed by atoms with Gasteiger partial charge in [-0.25, -0.2) is 14.6 Å². The fourth-order valence-electron chi connectivity index (χ4n) is 3.56. The first-order valence-corrected chi connectivity index (χ1v) is 10.5. The molecule has 1 aliphatic rings. The van der Waals surface area contributed by atoms with E-state index < -0.39 is 0 Å². The quantitative estimate of drug-likeness (QED) is 0.512. The summed E-state index contributed by atoms with van der Waals surface area (Å²) in [7, 11) is 0. The molecular weight excluding hydrogens is 400 g/mol. The molecule has 0 fully saturated rings. The summed E-state index contributed by atoms with van der Waals surface area (Å²) >= 11 is 1.48. The number of benzene rings is 1. The summed E-state index contributed by atoms with van der Waals surface area (Å²) in [4.78, 5) is 34.7. The first-order valence-electron chi connectivity index (χ1n) is 9.52. The molecule has 1 aliphatic heterocycles. The van der Waals surface area contributed by atoms with E-state index in [-0.39, 0.29) is 23.9 Å². The topological polar surface area (TPSA) is 94.7 Å². The standard InChI is InChI=1S/C21H18N6O2S/c1-13-6-5-9-17(23-13)24-18(28)10-15-12-30-21-25-19-16(20(29)26(15)21)11-22-27(19)14-7-3-2-4-8-14/h2-9,11,15H,10,12H2,1H3,(H,23,24,28). The number of amides is 1. The lowest BCUT2D eigenvalue weighted by Gasteiger charge is -2.13. The van der Waals surface area contributed by atoms with E-state index in [1.165, 1.54) is 11.8 Å². The molecule has 0 saturated carbocycles. The van der Waals surface area contributed by atoms with Crippen LogP contribution in [0.2, 0.25) is 0 Å². The molecule has 5 rings (SSSR count). The van der Waals surface area contributed by atoms with Crippen LogP contribution in [0, 0.1) is 6.92 Å². The van der Waals surface area contributed by atoms with Crippen LogP contribution in [0.4, 0.5) is 5.82 Å². The lowest BCUT2D eigenvalue weighted by atomic mass is 10.2. The summed E-state index contributed by atoms with van der Waals surface area (Å²) in [5.74, 6) is 0.942. The number of para-hydroxylation sites is 1. The Balaban J connectivity index is 1.45. The maximum absolute atomic E-state index is 13.2. The lowest BCUT2D eigenvalue weighted by molar-refractivity contribution is -0.116. The van der Waals surface area contributed by atoms with Gasteiger partial charge in [0.2, 0.25) is 5.91 Å². The Morgan fingerprint density at radius 2 is 2.00 bits per heavy atom. The van der Waals surface area contributed by atoms with Crippen LogP contribution >= 0.6 is 11.8 Å². The summed E-state index contributed by atoms with van der Waals surface area (Å²) in [6.07, 6.45) is 1.72. The molecule has 0 saturated heterocycles. The SMILES string of the molecule is Cc1cccc(NC(=O)CC2CSc3nc4c(cnn4-c4ccccc4)c(=O)n32)n1. The normalized spacial score (nSPS) is 15.3. The number of carbonyl (C=O) groups excluding carboxylic acids is 1.